The van der Waals surface area contributed by atoms with Gasteiger partial charge in [0, 0.05) is 18.4 Å². The lowest BCUT2D eigenvalue weighted by atomic mass is 9.87. The molecule has 0 aliphatic carbocycles. The van der Waals surface area contributed by atoms with Crippen molar-refractivity contribution in [3.05, 3.63) is 47.2 Å². The molecule has 36 heavy (non-hydrogen) atoms. The molecule has 0 aromatic heterocycles. The lowest BCUT2D eigenvalue weighted by Gasteiger charge is -2.38. The Labute approximate surface area is 208 Å². The molecule has 0 saturated heterocycles. The second-order valence-electron chi connectivity index (χ2n) is 8.33. The van der Waals surface area contributed by atoms with Crippen molar-refractivity contribution in [2.45, 2.75) is 44.6 Å². The molecule has 8 N–H and O–H groups in total. The summed E-state index contributed by atoms with van der Waals surface area (Å²) in [4.78, 5) is 24.3. The average Bonchev–Trinajstić information content (AvgIpc) is 2.84. The van der Waals surface area contributed by atoms with Crippen molar-refractivity contribution in [2.75, 3.05) is 19.8 Å². The van der Waals surface area contributed by atoms with E-state index in [1.54, 1.807) is 26.0 Å². The van der Waals surface area contributed by atoms with E-state index in [9.17, 15) is 24.9 Å². The van der Waals surface area contributed by atoms with Crippen molar-refractivity contribution in [1.82, 2.24) is 5.32 Å². The molecule has 0 unspecified atom stereocenters. The number of phenols is 1. The number of nitrogens with one attached hydrogen (secondary N) is 2. The van der Waals surface area contributed by atoms with Gasteiger partial charge in [0.05, 0.1) is 25.9 Å². The molecule has 2 rings (SSSR count). The zero-order valence-corrected chi connectivity index (χ0v) is 20.1. The molecule has 0 fully saturated rings. The maximum Gasteiger partial charge on any atom is 0.373 e. The molecule has 0 amide bonds. The number of benzene rings is 1. The Hall–Kier alpha value is -3.61. The van der Waals surface area contributed by atoms with E-state index in [0.29, 0.717) is 11.1 Å². The van der Waals surface area contributed by atoms with Crippen molar-refractivity contribution in [1.29, 1.82) is 5.41 Å². The van der Waals surface area contributed by atoms with E-state index in [-0.39, 0.29) is 37.1 Å². The number of aliphatic hydroxyl groups excluding tert-OH is 3. The quantitative estimate of drug-likeness (QED) is 0.0679. The Morgan fingerprint density at radius 2 is 1.97 bits per heavy atom. The maximum absolute atomic E-state index is 12.5. The molecule has 12 nitrogen and oxygen atoms in total. The summed E-state index contributed by atoms with van der Waals surface area (Å²) in [5.41, 5.74) is 6.74. The predicted molar refractivity (Wildman–Crippen MR) is 128 cm³/mol. The van der Waals surface area contributed by atoms with Gasteiger partial charge in [-0.05, 0) is 36.3 Å². The monoisotopic (exact) mass is 507 g/mol. The largest absolute Gasteiger partial charge is 0.508 e. The highest BCUT2D eigenvalue weighted by atomic mass is 16.6. The van der Waals surface area contributed by atoms with Crippen LogP contribution in [0.1, 0.15) is 24.5 Å². The molecule has 5 atom stereocenters. The van der Waals surface area contributed by atoms with Crippen LogP contribution in [-0.4, -0.2) is 82.5 Å². The third-order valence-corrected chi connectivity index (χ3v) is 5.53. The lowest BCUT2D eigenvalue weighted by Crippen LogP contribution is -2.54. The van der Waals surface area contributed by atoms with E-state index in [2.05, 4.69) is 5.32 Å². The fraction of sp³-hybridized carbons (Fsp3) is 0.458. The number of esters is 2. The van der Waals surface area contributed by atoms with Crippen LogP contribution in [0.25, 0.3) is 6.08 Å². The van der Waals surface area contributed by atoms with Crippen LogP contribution in [0, 0.1) is 18.3 Å². The zero-order valence-electron chi connectivity index (χ0n) is 20.1. The highest BCUT2D eigenvalue weighted by molar-refractivity contribution is 5.87. The molecular formula is C24H33N3O9. The van der Waals surface area contributed by atoms with Gasteiger partial charge in [0.2, 0.25) is 5.76 Å². The highest BCUT2D eigenvalue weighted by Gasteiger charge is 2.41. The molecule has 1 aliphatic rings. The standard InChI is InChI=1S/C24H33N3O9/c1-13-4-5-15(10-17(13)29)6-7-20(31)34-8-3-9-35-23(33)19-11-16(27-24(25)26)14(2)22(36-19)21(32)18(30)12-28/h4-7,10-11,14,16,18,21-22,28-30,32H,3,8-9,12H2,1-2H3,(H4,25,26,27)/b7-6+/t14-,16+,18-,21-,22-/m1/s1. The van der Waals surface area contributed by atoms with Gasteiger partial charge in [-0.2, -0.15) is 0 Å². The summed E-state index contributed by atoms with van der Waals surface area (Å²) in [6, 6.07) is 4.29. The van der Waals surface area contributed by atoms with Crippen LogP contribution in [0.5, 0.6) is 5.75 Å². The number of nitrogens with two attached hydrogens (primary N) is 1. The van der Waals surface area contributed by atoms with Crippen LogP contribution in [-0.2, 0) is 23.8 Å². The second-order valence-corrected chi connectivity index (χ2v) is 8.33. The fourth-order valence-electron chi connectivity index (χ4n) is 3.40. The molecule has 1 heterocycles. The second kappa shape index (κ2) is 13.5. The Kier molecular flexibility index (Phi) is 10.7. The Morgan fingerprint density at radius 3 is 2.61 bits per heavy atom. The summed E-state index contributed by atoms with van der Waals surface area (Å²) in [6.07, 6.45) is 0.146. The van der Waals surface area contributed by atoms with Crippen molar-refractivity contribution < 1.29 is 44.2 Å². The topological polar surface area (TPSA) is 205 Å². The average molecular weight is 508 g/mol. The van der Waals surface area contributed by atoms with Gasteiger partial charge in [0.15, 0.2) is 5.96 Å². The first-order valence-electron chi connectivity index (χ1n) is 11.3. The van der Waals surface area contributed by atoms with Crippen LogP contribution in [0.3, 0.4) is 0 Å². The van der Waals surface area contributed by atoms with Gasteiger partial charge in [0.25, 0.3) is 0 Å². The molecule has 0 saturated carbocycles. The molecule has 1 aromatic carbocycles. The summed E-state index contributed by atoms with van der Waals surface area (Å²) in [6.45, 7) is 2.57. The molecule has 12 heteroatoms. The molecule has 0 spiro atoms. The number of aliphatic hydroxyl groups is 3. The number of ether oxygens (including phenoxy) is 3. The molecule has 198 valence electrons. The smallest absolute Gasteiger partial charge is 0.373 e. The highest BCUT2D eigenvalue weighted by Crippen LogP contribution is 2.28. The number of carbonyl (C=O) groups is 2. The van der Waals surface area contributed by atoms with Gasteiger partial charge in [-0.15, -0.1) is 0 Å². The first kappa shape index (κ1) is 28.6. The Morgan fingerprint density at radius 1 is 1.28 bits per heavy atom. The SMILES string of the molecule is Cc1ccc(/C=C/C(=O)OCCCOC(=O)C2=C[C@H](NC(=N)N)[C@@H](C)[C@H]([C@H](O)[C@H](O)CO)O2)cc1O. The minimum atomic E-state index is -1.52. The Balaban J connectivity index is 1.86. The predicted octanol–water partition coefficient (Wildman–Crippen LogP) is -0.325. The van der Waals surface area contributed by atoms with Gasteiger partial charge < -0.3 is 45.7 Å². The van der Waals surface area contributed by atoms with Crippen LogP contribution < -0.4 is 11.1 Å². The summed E-state index contributed by atoms with van der Waals surface area (Å²) < 4.78 is 15.7. The minimum absolute atomic E-state index is 0.0227. The van der Waals surface area contributed by atoms with Crippen molar-refractivity contribution >= 4 is 24.0 Å². The fourth-order valence-corrected chi connectivity index (χ4v) is 3.40. The van der Waals surface area contributed by atoms with Crippen molar-refractivity contribution in [3.63, 3.8) is 0 Å². The third kappa shape index (κ3) is 8.26. The van der Waals surface area contributed by atoms with E-state index in [0.717, 1.165) is 0 Å². The number of carbonyl (C=O) groups excluding carboxylic acids is 2. The number of aryl methyl sites for hydroxylation is 1. The number of guanidine groups is 1. The molecular weight excluding hydrogens is 474 g/mol. The first-order valence-corrected chi connectivity index (χ1v) is 11.3. The van der Waals surface area contributed by atoms with Gasteiger partial charge in [-0.1, -0.05) is 19.1 Å². The molecule has 1 aromatic rings. The van der Waals surface area contributed by atoms with E-state index in [1.165, 1.54) is 24.3 Å². The summed E-state index contributed by atoms with van der Waals surface area (Å²) in [5, 5.41) is 49.0. The van der Waals surface area contributed by atoms with E-state index >= 15 is 0 Å². The maximum atomic E-state index is 12.5. The number of rotatable bonds is 11. The normalized spacial score (nSPS) is 21.1. The van der Waals surface area contributed by atoms with Crippen LogP contribution in [0.15, 0.2) is 36.1 Å². The van der Waals surface area contributed by atoms with Crippen LogP contribution in [0.2, 0.25) is 0 Å². The molecule has 0 radical (unpaired) electrons. The Bertz CT molecular complexity index is 995. The third-order valence-electron chi connectivity index (χ3n) is 5.53. The molecule has 1 aliphatic heterocycles. The van der Waals surface area contributed by atoms with Gasteiger partial charge >= 0.3 is 11.9 Å². The lowest BCUT2D eigenvalue weighted by molar-refractivity contribution is -0.153. The summed E-state index contributed by atoms with van der Waals surface area (Å²) in [7, 11) is 0. The van der Waals surface area contributed by atoms with Crippen LogP contribution >= 0.6 is 0 Å². The van der Waals surface area contributed by atoms with Gasteiger partial charge in [-0.25, -0.2) is 9.59 Å². The zero-order chi connectivity index (χ0) is 26.8. The minimum Gasteiger partial charge on any atom is -0.508 e. The van der Waals surface area contributed by atoms with Gasteiger partial charge in [0.1, 0.15) is 24.1 Å². The van der Waals surface area contributed by atoms with Crippen LogP contribution in [0.4, 0.5) is 0 Å². The number of hydrogen-bond acceptors (Lipinski definition) is 10. The van der Waals surface area contributed by atoms with Crippen molar-refractivity contribution in [2.24, 2.45) is 11.7 Å². The number of hydrogen-bond donors (Lipinski definition) is 7. The van der Waals surface area contributed by atoms with E-state index in [1.807, 2.05) is 0 Å². The number of phenolic OH excluding ortho intramolecular Hbond substituents is 1. The van der Waals surface area contributed by atoms with Gasteiger partial charge in [-0.3, -0.25) is 5.41 Å². The summed E-state index contributed by atoms with van der Waals surface area (Å²) >= 11 is 0. The van der Waals surface area contributed by atoms with E-state index in [4.69, 9.17) is 30.5 Å². The molecule has 0 bridgehead atoms. The van der Waals surface area contributed by atoms with E-state index < -0.39 is 48.8 Å². The first-order chi connectivity index (χ1) is 17.0. The number of aromatic hydroxyl groups is 1. The summed E-state index contributed by atoms with van der Waals surface area (Å²) in [5.74, 6) is -2.51. The van der Waals surface area contributed by atoms with Crippen molar-refractivity contribution in [3.8, 4) is 5.75 Å².